The lowest BCUT2D eigenvalue weighted by Crippen LogP contribution is -2.35. The summed E-state index contributed by atoms with van der Waals surface area (Å²) in [6.45, 7) is 15.1. The van der Waals surface area contributed by atoms with Gasteiger partial charge in [-0.1, -0.05) is 65.8 Å². The zero-order chi connectivity index (χ0) is 21.1. The molecule has 0 fully saturated rings. The fourth-order valence-corrected chi connectivity index (χ4v) is 3.57. The first-order valence-corrected chi connectivity index (χ1v) is 11.0. The Morgan fingerprint density at radius 2 is 1.71 bits per heavy atom. The molecule has 0 bridgehead atoms. The Hall–Kier alpha value is -1.39. The van der Waals surface area contributed by atoms with Crippen LogP contribution in [0.5, 0.6) is 0 Å². The number of hydrogen-bond acceptors (Lipinski definition) is 4. The molecule has 28 heavy (non-hydrogen) atoms. The number of carbonyl (C=O) groups is 1. The van der Waals surface area contributed by atoms with Crippen LogP contribution in [0.2, 0.25) is 0 Å². The van der Waals surface area contributed by atoms with Crippen molar-refractivity contribution in [2.45, 2.75) is 78.7 Å². The Kier molecular flexibility index (Phi) is 11.4. The van der Waals surface area contributed by atoms with Crippen molar-refractivity contribution in [2.24, 2.45) is 5.92 Å². The number of rotatable bonds is 13. The molecule has 0 aromatic heterocycles. The lowest BCUT2D eigenvalue weighted by atomic mass is 9.85. The van der Waals surface area contributed by atoms with Crippen LogP contribution >= 0.6 is 0 Å². The summed E-state index contributed by atoms with van der Waals surface area (Å²) in [5.74, 6) is 0.493. The standard InChI is InChI=1S/C24H41NO3/c1-7-18(5)21-12-11-13-22(15-21)20(8-2)14-19(6)24(27)28-17-23(26)16-25(9-3)10-4/h11-13,15,18-20,23,26H,7-10,14,16-17H2,1-6H3. The molecule has 0 aliphatic rings. The van der Waals surface area contributed by atoms with Gasteiger partial charge in [0.1, 0.15) is 12.7 Å². The van der Waals surface area contributed by atoms with Crippen molar-refractivity contribution in [3.05, 3.63) is 35.4 Å². The van der Waals surface area contributed by atoms with Crippen molar-refractivity contribution in [3.63, 3.8) is 0 Å². The highest BCUT2D eigenvalue weighted by atomic mass is 16.5. The van der Waals surface area contributed by atoms with Gasteiger partial charge in [0.05, 0.1) is 5.92 Å². The number of likely N-dealkylation sites (N-methyl/N-ethyl adjacent to an activating group) is 1. The molecule has 4 atom stereocenters. The van der Waals surface area contributed by atoms with Crippen molar-refractivity contribution in [1.29, 1.82) is 0 Å². The smallest absolute Gasteiger partial charge is 0.308 e. The van der Waals surface area contributed by atoms with Gasteiger partial charge in [-0.3, -0.25) is 4.79 Å². The van der Waals surface area contributed by atoms with Gasteiger partial charge in [-0.25, -0.2) is 0 Å². The molecule has 1 aromatic rings. The first-order valence-electron chi connectivity index (χ1n) is 11.0. The Labute approximate surface area is 172 Å². The minimum atomic E-state index is -0.634. The summed E-state index contributed by atoms with van der Waals surface area (Å²) in [6.07, 6.45) is 2.25. The lowest BCUT2D eigenvalue weighted by molar-refractivity contribution is -0.151. The molecule has 0 aliphatic carbocycles. The van der Waals surface area contributed by atoms with Gasteiger partial charge in [0.2, 0.25) is 0 Å². The highest BCUT2D eigenvalue weighted by Crippen LogP contribution is 2.30. The van der Waals surface area contributed by atoms with Crippen LogP contribution in [0.15, 0.2) is 24.3 Å². The highest BCUT2D eigenvalue weighted by molar-refractivity contribution is 5.72. The van der Waals surface area contributed by atoms with Crippen LogP contribution in [-0.2, 0) is 9.53 Å². The molecule has 160 valence electrons. The SMILES string of the molecule is CCC(C)c1cccc(C(CC)CC(C)C(=O)OCC(O)CN(CC)CC)c1. The van der Waals surface area contributed by atoms with Gasteiger partial charge in [0.15, 0.2) is 0 Å². The summed E-state index contributed by atoms with van der Waals surface area (Å²) in [4.78, 5) is 14.6. The summed E-state index contributed by atoms with van der Waals surface area (Å²) in [6, 6.07) is 8.80. The topological polar surface area (TPSA) is 49.8 Å². The van der Waals surface area contributed by atoms with E-state index in [0.717, 1.165) is 32.4 Å². The zero-order valence-corrected chi connectivity index (χ0v) is 18.8. The molecule has 1 N–H and O–H groups in total. The molecule has 0 radical (unpaired) electrons. The van der Waals surface area contributed by atoms with Crippen LogP contribution in [0.25, 0.3) is 0 Å². The summed E-state index contributed by atoms with van der Waals surface area (Å²) in [7, 11) is 0. The molecule has 4 heteroatoms. The fraction of sp³-hybridized carbons (Fsp3) is 0.708. The molecular weight excluding hydrogens is 350 g/mol. The third-order valence-corrected chi connectivity index (χ3v) is 5.88. The maximum atomic E-state index is 12.4. The molecule has 0 aliphatic heterocycles. The maximum absolute atomic E-state index is 12.4. The van der Waals surface area contributed by atoms with E-state index >= 15 is 0 Å². The van der Waals surface area contributed by atoms with E-state index in [1.165, 1.54) is 11.1 Å². The highest BCUT2D eigenvalue weighted by Gasteiger charge is 2.22. The average molecular weight is 392 g/mol. The molecule has 0 amide bonds. The van der Waals surface area contributed by atoms with Gasteiger partial charge in [-0.15, -0.1) is 0 Å². The van der Waals surface area contributed by atoms with Crippen molar-refractivity contribution in [2.75, 3.05) is 26.2 Å². The fourth-order valence-electron chi connectivity index (χ4n) is 3.57. The Bertz CT molecular complexity index is 571. The summed E-state index contributed by atoms with van der Waals surface area (Å²) >= 11 is 0. The third-order valence-electron chi connectivity index (χ3n) is 5.88. The quantitative estimate of drug-likeness (QED) is 0.483. The maximum Gasteiger partial charge on any atom is 0.308 e. The first-order chi connectivity index (χ1) is 13.4. The predicted octanol–water partition coefficient (Wildman–Crippen LogP) is 4.97. The second-order valence-corrected chi connectivity index (χ2v) is 7.99. The molecule has 0 heterocycles. The number of benzene rings is 1. The number of hydrogen-bond donors (Lipinski definition) is 1. The van der Waals surface area contributed by atoms with E-state index in [1.54, 1.807) is 0 Å². The van der Waals surface area contributed by atoms with E-state index in [2.05, 4.69) is 63.8 Å². The van der Waals surface area contributed by atoms with E-state index in [1.807, 2.05) is 6.92 Å². The molecule has 1 aromatic carbocycles. The average Bonchev–Trinajstić information content (AvgIpc) is 2.73. The van der Waals surface area contributed by atoms with E-state index in [0.29, 0.717) is 18.4 Å². The largest absolute Gasteiger partial charge is 0.463 e. The molecule has 1 rings (SSSR count). The number of aliphatic hydroxyl groups excluding tert-OH is 1. The number of nitrogens with zero attached hydrogens (tertiary/aromatic N) is 1. The van der Waals surface area contributed by atoms with Crippen LogP contribution < -0.4 is 0 Å². The molecule has 4 nitrogen and oxygen atoms in total. The lowest BCUT2D eigenvalue weighted by Gasteiger charge is -2.23. The van der Waals surface area contributed by atoms with Crippen molar-refractivity contribution >= 4 is 5.97 Å². The Balaban J connectivity index is 2.61. The van der Waals surface area contributed by atoms with Crippen LogP contribution in [0.3, 0.4) is 0 Å². The number of carbonyl (C=O) groups excluding carboxylic acids is 1. The van der Waals surface area contributed by atoms with E-state index in [-0.39, 0.29) is 18.5 Å². The molecular formula is C24H41NO3. The van der Waals surface area contributed by atoms with E-state index < -0.39 is 6.10 Å². The van der Waals surface area contributed by atoms with E-state index in [4.69, 9.17) is 4.74 Å². The monoisotopic (exact) mass is 391 g/mol. The van der Waals surface area contributed by atoms with Crippen molar-refractivity contribution in [3.8, 4) is 0 Å². The van der Waals surface area contributed by atoms with Crippen LogP contribution in [0.4, 0.5) is 0 Å². The van der Waals surface area contributed by atoms with Gasteiger partial charge >= 0.3 is 5.97 Å². The molecule has 0 saturated carbocycles. The van der Waals surface area contributed by atoms with Crippen molar-refractivity contribution < 1.29 is 14.6 Å². The third kappa shape index (κ3) is 7.92. The number of ether oxygens (including phenoxy) is 1. The second-order valence-electron chi connectivity index (χ2n) is 7.99. The van der Waals surface area contributed by atoms with Crippen LogP contribution in [0.1, 0.15) is 83.8 Å². The zero-order valence-electron chi connectivity index (χ0n) is 18.8. The predicted molar refractivity (Wildman–Crippen MR) is 117 cm³/mol. The Morgan fingerprint density at radius 3 is 2.29 bits per heavy atom. The van der Waals surface area contributed by atoms with E-state index in [9.17, 15) is 9.90 Å². The number of aliphatic hydroxyl groups is 1. The Morgan fingerprint density at radius 1 is 1.07 bits per heavy atom. The normalized spacial score (nSPS) is 15.9. The van der Waals surface area contributed by atoms with Gasteiger partial charge < -0.3 is 14.7 Å². The molecule has 0 saturated heterocycles. The molecule has 4 unspecified atom stereocenters. The van der Waals surface area contributed by atoms with Gasteiger partial charge in [0.25, 0.3) is 0 Å². The van der Waals surface area contributed by atoms with Crippen LogP contribution in [0, 0.1) is 5.92 Å². The summed E-state index contributed by atoms with van der Waals surface area (Å²) in [5.41, 5.74) is 2.68. The van der Waals surface area contributed by atoms with Crippen molar-refractivity contribution in [1.82, 2.24) is 4.90 Å². The van der Waals surface area contributed by atoms with Gasteiger partial charge in [-0.05, 0) is 55.3 Å². The second kappa shape index (κ2) is 12.9. The summed E-state index contributed by atoms with van der Waals surface area (Å²) < 4.78 is 5.40. The first kappa shape index (κ1) is 24.6. The minimum Gasteiger partial charge on any atom is -0.463 e. The summed E-state index contributed by atoms with van der Waals surface area (Å²) in [5, 5.41) is 10.1. The minimum absolute atomic E-state index is 0.0694. The molecule has 0 spiro atoms. The van der Waals surface area contributed by atoms with Gasteiger partial charge in [-0.2, -0.15) is 0 Å². The van der Waals surface area contributed by atoms with Crippen LogP contribution in [-0.4, -0.2) is 48.3 Å². The van der Waals surface area contributed by atoms with Gasteiger partial charge in [0, 0.05) is 6.54 Å². The number of esters is 1.